The third-order valence-corrected chi connectivity index (χ3v) is 1.94. The van der Waals surface area contributed by atoms with Gasteiger partial charge in [0.25, 0.3) is 0 Å². The molecule has 0 fully saturated rings. The first-order valence-electron chi connectivity index (χ1n) is 4.10. The Kier molecular flexibility index (Phi) is 1.92. The van der Waals surface area contributed by atoms with Gasteiger partial charge in [-0.1, -0.05) is 0 Å². The Labute approximate surface area is 80.4 Å². The number of methoxy groups -OCH3 is 1. The van der Waals surface area contributed by atoms with Crippen LogP contribution in [0, 0.1) is 0 Å². The lowest BCUT2D eigenvalue weighted by atomic mass is 10.3. The lowest BCUT2D eigenvalue weighted by Crippen LogP contribution is -1.99. The van der Waals surface area contributed by atoms with E-state index in [1.54, 1.807) is 16.8 Å². The van der Waals surface area contributed by atoms with Crippen molar-refractivity contribution in [2.75, 3.05) is 7.11 Å². The summed E-state index contributed by atoms with van der Waals surface area (Å²) in [6.45, 7) is 1.50. The second-order valence-corrected chi connectivity index (χ2v) is 2.86. The van der Waals surface area contributed by atoms with Crippen LogP contribution in [0.2, 0.25) is 0 Å². The summed E-state index contributed by atoms with van der Waals surface area (Å²) in [7, 11) is 1.53. The van der Waals surface area contributed by atoms with Crippen LogP contribution in [-0.4, -0.2) is 27.3 Å². The number of nitrogens with zero attached hydrogens (tertiary/aromatic N) is 3. The fourth-order valence-electron chi connectivity index (χ4n) is 1.24. The van der Waals surface area contributed by atoms with Crippen molar-refractivity contribution >= 4 is 11.4 Å². The van der Waals surface area contributed by atoms with E-state index in [4.69, 9.17) is 4.74 Å². The molecule has 72 valence electrons. The maximum atomic E-state index is 11.2. The van der Waals surface area contributed by atoms with E-state index >= 15 is 0 Å². The molecule has 2 heterocycles. The van der Waals surface area contributed by atoms with Gasteiger partial charge in [0.15, 0.2) is 11.4 Å². The molecule has 0 aliphatic rings. The lowest BCUT2D eigenvalue weighted by molar-refractivity contribution is 0.101. The molecule has 0 aliphatic carbocycles. The first-order valence-corrected chi connectivity index (χ1v) is 4.10. The van der Waals surface area contributed by atoms with Crippen molar-refractivity contribution in [2.45, 2.75) is 6.92 Å². The number of Topliss-reactive ketones (excluding diaryl/α,β-unsaturated/α-hetero) is 1. The molecule has 2 aromatic rings. The fraction of sp³-hybridized carbons (Fsp3) is 0.222. The highest BCUT2D eigenvalue weighted by Gasteiger charge is 2.08. The van der Waals surface area contributed by atoms with E-state index in [9.17, 15) is 4.79 Å². The Morgan fingerprint density at radius 2 is 2.21 bits per heavy atom. The van der Waals surface area contributed by atoms with E-state index in [-0.39, 0.29) is 5.78 Å². The standard InChI is InChI=1S/C9H9N3O2/c1-6(13)7-3-10-8-4-11-9(14-2)5-12(7)8/h3-5H,1-2H3. The number of carbonyl (C=O) groups is 1. The second kappa shape index (κ2) is 3.10. The van der Waals surface area contributed by atoms with Gasteiger partial charge >= 0.3 is 0 Å². The first-order chi connectivity index (χ1) is 6.72. The highest BCUT2D eigenvalue weighted by Crippen LogP contribution is 2.11. The van der Waals surface area contributed by atoms with E-state index < -0.39 is 0 Å². The zero-order valence-electron chi connectivity index (χ0n) is 7.89. The van der Waals surface area contributed by atoms with Crippen LogP contribution in [0.5, 0.6) is 5.88 Å². The number of imidazole rings is 1. The summed E-state index contributed by atoms with van der Waals surface area (Å²) in [5, 5.41) is 0. The third kappa shape index (κ3) is 1.22. The van der Waals surface area contributed by atoms with Crippen molar-refractivity contribution in [1.82, 2.24) is 14.4 Å². The summed E-state index contributed by atoms with van der Waals surface area (Å²) < 4.78 is 6.62. The number of hydrogen-bond donors (Lipinski definition) is 0. The molecular weight excluding hydrogens is 182 g/mol. The molecule has 5 heteroatoms. The number of ketones is 1. The largest absolute Gasteiger partial charge is 0.480 e. The van der Waals surface area contributed by atoms with E-state index in [0.29, 0.717) is 17.2 Å². The summed E-state index contributed by atoms with van der Waals surface area (Å²) in [4.78, 5) is 19.2. The smallest absolute Gasteiger partial charge is 0.230 e. The van der Waals surface area contributed by atoms with Gasteiger partial charge in [-0.15, -0.1) is 0 Å². The van der Waals surface area contributed by atoms with E-state index in [1.165, 1.54) is 20.2 Å². The minimum Gasteiger partial charge on any atom is -0.480 e. The second-order valence-electron chi connectivity index (χ2n) is 2.86. The Morgan fingerprint density at radius 3 is 2.86 bits per heavy atom. The van der Waals surface area contributed by atoms with Gasteiger partial charge in [-0.25, -0.2) is 9.97 Å². The van der Waals surface area contributed by atoms with Crippen LogP contribution in [0.4, 0.5) is 0 Å². The normalized spacial score (nSPS) is 10.4. The maximum absolute atomic E-state index is 11.2. The molecular formula is C9H9N3O2. The molecule has 14 heavy (non-hydrogen) atoms. The van der Waals surface area contributed by atoms with Crippen LogP contribution >= 0.6 is 0 Å². The molecule has 0 saturated heterocycles. The van der Waals surface area contributed by atoms with Gasteiger partial charge in [0.1, 0.15) is 5.69 Å². The van der Waals surface area contributed by atoms with E-state index in [1.807, 2.05) is 0 Å². The van der Waals surface area contributed by atoms with Crippen molar-refractivity contribution in [2.24, 2.45) is 0 Å². The number of ether oxygens (including phenoxy) is 1. The molecule has 0 spiro atoms. The molecule has 2 rings (SSSR count). The van der Waals surface area contributed by atoms with Gasteiger partial charge in [-0.3, -0.25) is 9.20 Å². The lowest BCUT2D eigenvalue weighted by Gasteiger charge is -2.00. The summed E-state index contributed by atoms with van der Waals surface area (Å²) in [6, 6.07) is 0. The number of fused-ring (bicyclic) bond motifs is 1. The minimum atomic E-state index is -0.0363. The molecule has 0 aromatic carbocycles. The third-order valence-electron chi connectivity index (χ3n) is 1.94. The van der Waals surface area contributed by atoms with Gasteiger partial charge in [-0.2, -0.15) is 0 Å². The highest BCUT2D eigenvalue weighted by atomic mass is 16.5. The zero-order valence-corrected chi connectivity index (χ0v) is 7.89. The predicted molar refractivity (Wildman–Crippen MR) is 49.5 cm³/mol. The molecule has 0 aliphatic heterocycles. The van der Waals surface area contributed by atoms with Gasteiger partial charge in [0.05, 0.1) is 25.7 Å². The zero-order chi connectivity index (χ0) is 10.1. The van der Waals surface area contributed by atoms with Gasteiger partial charge in [0.2, 0.25) is 5.88 Å². The quantitative estimate of drug-likeness (QED) is 0.663. The average Bonchev–Trinajstić information content (AvgIpc) is 2.59. The monoisotopic (exact) mass is 191 g/mol. The predicted octanol–water partition coefficient (Wildman–Crippen LogP) is 0.940. The highest BCUT2D eigenvalue weighted by molar-refractivity contribution is 5.93. The van der Waals surface area contributed by atoms with Gasteiger partial charge in [0, 0.05) is 6.92 Å². The van der Waals surface area contributed by atoms with Crippen molar-refractivity contribution in [3.05, 3.63) is 24.3 Å². The van der Waals surface area contributed by atoms with Crippen molar-refractivity contribution in [3.8, 4) is 5.88 Å². The molecule has 0 unspecified atom stereocenters. The van der Waals surface area contributed by atoms with Crippen molar-refractivity contribution < 1.29 is 9.53 Å². The van der Waals surface area contributed by atoms with Crippen molar-refractivity contribution in [1.29, 1.82) is 0 Å². The topological polar surface area (TPSA) is 56.5 Å². The number of hydrogen-bond acceptors (Lipinski definition) is 4. The summed E-state index contributed by atoms with van der Waals surface area (Å²) in [6.07, 6.45) is 4.73. The Morgan fingerprint density at radius 1 is 1.43 bits per heavy atom. The van der Waals surface area contributed by atoms with E-state index in [2.05, 4.69) is 9.97 Å². The Balaban J connectivity index is 2.69. The van der Waals surface area contributed by atoms with Crippen LogP contribution in [-0.2, 0) is 0 Å². The number of aromatic nitrogens is 3. The SMILES string of the molecule is COc1cn2c(C(C)=O)cnc2cn1. The van der Waals surface area contributed by atoms with Crippen LogP contribution < -0.4 is 4.74 Å². The molecule has 0 saturated carbocycles. The summed E-state index contributed by atoms with van der Waals surface area (Å²) >= 11 is 0. The van der Waals surface area contributed by atoms with Crippen LogP contribution in [0.15, 0.2) is 18.6 Å². The molecule has 0 bridgehead atoms. The minimum absolute atomic E-state index is 0.0363. The first kappa shape index (κ1) is 8.68. The Hall–Kier alpha value is -1.91. The van der Waals surface area contributed by atoms with Gasteiger partial charge in [-0.05, 0) is 0 Å². The van der Waals surface area contributed by atoms with Crippen LogP contribution in [0.3, 0.4) is 0 Å². The van der Waals surface area contributed by atoms with Crippen LogP contribution in [0.25, 0.3) is 5.65 Å². The molecule has 0 amide bonds. The van der Waals surface area contributed by atoms with Gasteiger partial charge < -0.3 is 4.74 Å². The average molecular weight is 191 g/mol. The maximum Gasteiger partial charge on any atom is 0.230 e. The Bertz CT molecular complexity index is 490. The van der Waals surface area contributed by atoms with Crippen LogP contribution in [0.1, 0.15) is 17.4 Å². The molecule has 2 aromatic heterocycles. The summed E-state index contributed by atoms with van der Waals surface area (Å²) in [5.74, 6) is 0.420. The summed E-state index contributed by atoms with van der Waals surface area (Å²) in [5.41, 5.74) is 1.16. The molecule has 0 atom stereocenters. The molecule has 0 radical (unpaired) electrons. The van der Waals surface area contributed by atoms with E-state index in [0.717, 1.165) is 0 Å². The molecule has 5 nitrogen and oxygen atoms in total. The number of rotatable bonds is 2. The molecule has 0 N–H and O–H groups in total. The van der Waals surface area contributed by atoms with Crippen molar-refractivity contribution in [3.63, 3.8) is 0 Å². The number of carbonyl (C=O) groups excluding carboxylic acids is 1. The fourth-order valence-corrected chi connectivity index (χ4v) is 1.24.